The lowest BCUT2D eigenvalue weighted by Crippen LogP contribution is -2.55. The minimum Gasteiger partial charge on any atom is -0.459 e. The van der Waals surface area contributed by atoms with Gasteiger partial charge in [-0.1, -0.05) is 18.2 Å². The zero-order valence-corrected chi connectivity index (χ0v) is 16.4. The van der Waals surface area contributed by atoms with Crippen LogP contribution in [-0.4, -0.2) is 54.4 Å². The topological polar surface area (TPSA) is 79.2 Å². The first-order chi connectivity index (χ1) is 12.1. The second kappa shape index (κ2) is 7.94. The second-order valence-electron chi connectivity index (χ2n) is 8.24. The molecule has 2 rings (SSSR count). The molecule has 0 radical (unpaired) electrons. The van der Waals surface area contributed by atoms with Crippen LogP contribution in [0.2, 0.25) is 0 Å². The highest BCUT2D eigenvalue weighted by molar-refractivity contribution is 5.79. The Balaban J connectivity index is 2.36. The third-order valence-electron chi connectivity index (χ3n) is 4.54. The third kappa shape index (κ3) is 4.75. The van der Waals surface area contributed by atoms with Gasteiger partial charge in [0.25, 0.3) is 0 Å². The minimum atomic E-state index is -1.04. The van der Waals surface area contributed by atoms with Crippen molar-refractivity contribution < 1.29 is 24.5 Å². The molecule has 1 aliphatic rings. The number of aliphatic hydroxyl groups excluding tert-OH is 2. The van der Waals surface area contributed by atoms with Crippen LogP contribution in [0.3, 0.4) is 0 Å². The smallest absolute Gasteiger partial charge is 0.316 e. The van der Waals surface area contributed by atoms with Crippen LogP contribution in [0.1, 0.15) is 38.3 Å². The van der Waals surface area contributed by atoms with E-state index in [2.05, 4.69) is 0 Å². The Morgan fingerprint density at radius 1 is 1.35 bits per heavy atom. The summed E-state index contributed by atoms with van der Waals surface area (Å²) in [4.78, 5) is 15.0. The summed E-state index contributed by atoms with van der Waals surface area (Å²) in [5.41, 5.74) is 1.53. The van der Waals surface area contributed by atoms with Crippen molar-refractivity contribution in [3.63, 3.8) is 0 Å². The molecule has 0 amide bonds. The monoisotopic (exact) mass is 365 g/mol. The quantitative estimate of drug-likeness (QED) is 0.779. The molecule has 0 aromatic heterocycles. The molecule has 2 atom stereocenters. The number of rotatable bonds is 5. The number of anilines is 1. The van der Waals surface area contributed by atoms with Crippen LogP contribution in [0.15, 0.2) is 18.2 Å². The van der Waals surface area contributed by atoms with E-state index in [1.165, 1.54) is 0 Å². The molecule has 1 aromatic carbocycles. The molecule has 1 fully saturated rings. The number of esters is 1. The van der Waals surface area contributed by atoms with Crippen molar-refractivity contribution in [2.75, 3.05) is 31.4 Å². The van der Waals surface area contributed by atoms with Crippen molar-refractivity contribution in [3.05, 3.63) is 29.3 Å². The Kier molecular flexibility index (Phi) is 6.32. The Morgan fingerprint density at radius 3 is 2.50 bits per heavy atom. The number of para-hydroxylation sites is 1. The zero-order chi connectivity index (χ0) is 19.5. The zero-order valence-electron chi connectivity index (χ0n) is 16.4. The van der Waals surface area contributed by atoms with Crippen LogP contribution in [0.4, 0.5) is 5.69 Å². The molecular weight excluding hydrogens is 334 g/mol. The van der Waals surface area contributed by atoms with Crippen LogP contribution < -0.4 is 4.90 Å². The Labute approximate surface area is 155 Å². The van der Waals surface area contributed by atoms with Gasteiger partial charge in [-0.05, 0) is 52.2 Å². The van der Waals surface area contributed by atoms with E-state index in [0.717, 1.165) is 16.8 Å². The summed E-state index contributed by atoms with van der Waals surface area (Å²) in [6.45, 7) is 9.96. The van der Waals surface area contributed by atoms with Gasteiger partial charge in [-0.25, -0.2) is 0 Å². The molecule has 146 valence electrons. The molecule has 1 saturated heterocycles. The lowest BCUT2D eigenvalue weighted by Gasteiger charge is -2.44. The van der Waals surface area contributed by atoms with E-state index in [1.54, 1.807) is 0 Å². The summed E-state index contributed by atoms with van der Waals surface area (Å²) in [5, 5.41) is 19.4. The highest BCUT2D eigenvalue weighted by Gasteiger charge is 2.47. The second-order valence-corrected chi connectivity index (χ2v) is 8.24. The lowest BCUT2D eigenvalue weighted by atomic mass is 9.81. The number of carbonyl (C=O) groups is 1. The average Bonchev–Trinajstić information content (AvgIpc) is 2.53. The maximum absolute atomic E-state index is 13.0. The van der Waals surface area contributed by atoms with Gasteiger partial charge in [-0.2, -0.15) is 0 Å². The first-order valence-corrected chi connectivity index (χ1v) is 8.99. The molecule has 6 heteroatoms. The number of aliphatic hydroxyl groups is 2. The van der Waals surface area contributed by atoms with E-state index in [9.17, 15) is 15.0 Å². The molecule has 1 aromatic rings. The molecule has 2 N–H and O–H groups in total. The van der Waals surface area contributed by atoms with Crippen molar-refractivity contribution in [2.24, 2.45) is 5.41 Å². The van der Waals surface area contributed by atoms with Gasteiger partial charge in [0.1, 0.15) is 17.7 Å². The van der Waals surface area contributed by atoms with Gasteiger partial charge in [0.15, 0.2) is 0 Å². The van der Waals surface area contributed by atoms with E-state index < -0.39 is 29.7 Å². The molecule has 1 heterocycles. The van der Waals surface area contributed by atoms with Gasteiger partial charge in [-0.3, -0.25) is 4.79 Å². The number of ether oxygens (including phenoxy) is 2. The first-order valence-electron chi connectivity index (χ1n) is 8.99. The van der Waals surface area contributed by atoms with Gasteiger partial charge < -0.3 is 24.6 Å². The maximum Gasteiger partial charge on any atom is 0.316 e. The van der Waals surface area contributed by atoms with Crippen LogP contribution in [0, 0.1) is 19.3 Å². The van der Waals surface area contributed by atoms with E-state index in [4.69, 9.17) is 9.47 Å². The number of aryl methyl sites for hydroxylation is 2. The van der Waals surface area contributed by atoms with Gasteiger partial charge >= 0.3 is 5.97 Å². The summed E-state index contributed by atoms with van der Waals surface area (Å²) >= 11 is 0. The normalized spacial score (nSPS) is 22.2. The fraction of sp³-hybridized carbons (Fsp3) is 0.650. The van der Waals surface area contributed by atoms with Crippen molar-refractivity contribution in [2.45, 2.75) is 52.7 Å². The highest BCUT2D eigenvalue weighted by atomic mass is 16.6. The molecule has 1 aliphatic heterocycles. The van der Waals surface area contributed by atoms with Crippen molar-refractivity contribution >= 4 is 11.7 Å². The van der Waals surface area contributed by atoms with Gasteiger partial charge in [0.05, 0.1) is 19.3 Å². The summed E-state index contributed by atoms with van der Waals surface area (Å²) < 4.78 is 11.4. The Morgan fingerprint density at radius 2 is 1.96 bits per heavy atom. The number of nitrogens with zero attached hydrogens (tertiary/aromatic N) is 1. The molecule has 26 heavy (non-hydrogen) atoms. The van der Waals surface area contributed by atoms with Crippen molar-refractivity contribution in [1.29, 1.82) is 0 Å². The van der Waals surface area contributed by atoms with Gasteiger partial charge in [0, 0.05) is 12.2 Å². The molecule has 2 unspecified atom stereocenters. The van der Waals surface area contributed by atoms with Crippen molar-refractivity contribution in [1.82, 2.24) is 0 Å². The largest absolute Gasteiger partial charge is 0.459 e. The average molecular weight is 365 g/mol. The van der Waals surface area contributed by atoms with Crippen LogP contribution >= 0.6 is 0 Å². The summed E-state index contributed by atoms with van der Waals surface area (Å²) in [6.07, 6.45) is -0.927. The molecule has 0 aliphatic carbocycles. The van der Waals surface area contributed by atoms with E-state index in [0.29, 0.717) is 13.3 Å². The lowest BCUT2D eigenvalue weighted by molar-refractivity contribution is -0.177. The Hall–Kier alpha value is -1.63. The Bertz CT molecular complexity index is 619. The number of benzene rings is 1. The summed E-state index contributed by atoms with van der Waals surface area (Å²) in [5.74, 6) is -0.409. The predicted molar refractivity (Wildman–Crippen MR) is 100 cm³/mol. The highest BCUT2D eigenvalue weighted by Crippen LogP contribution is 2.36. The van der Waals surface area contributed by atoms with E-state index in [1.807, 2.05) is 57.7 Å². The molecular formula is C20H31NO5. The molecule has 0 saturated carbocycles. The minimum absolute atomic E-state index is 0.0832. The number of hydrogen-bond acceptors (Lipinski definition) is 6. The molecule has 6 nitrogen and oxygen atoms in total. The summed E-state index contributed by atoms with van der Waals surface area (Å²) in [6, 6.07) is 6.04. The predicted octanol–water partition coefficient (Wildman–Crippen LogP) is 2.17. The standard InChI is InChI=1S/C20H31NO5/c1-14-7-6-8-15(2)17(14)21-11-20(12-25-13-21,9-16(23)10-22)18(24)26-19(3,4)5/h6-8,16,22-23H,9-13H2,1-5H3. The van der Waals surface area contributed by atoms with Gasteiger partial charge in [0.2, 0.25) is 0 Å². The maximum atomic E-state index is 13.0. The van der Waals surface area contributed by atoms with Crippen LogP contribution in [-0.2, 0) is 14.3 Å². The van der Waals surface area contributed by atoms with Crippen molar-refractivity contribution in [3.8, 4) is 0 Å². The fourth-order valence-electron chi connectivity index (χ4n) is 3.49. The van der Waals surface area contributed by atoms with E-state index >= 15 is 0 Å². The third-order valence-corrected chi connectivity index (χ3v) is 4.54. The van der Waals surface area contributed by atoms with Crippen LogP contribution in [0.25, 0.3) is 0 Å². The van der Waals surface area contributed by atoms with Crippen LogP contribution in [0.5, 0.6) is 0 Å². The first kappa shape index (κ1) is 20.7. The van der Waals surface area contributed by atoms with Gasteiger partial charge in [-0.15, -0.1) is 0 Å². The number of hydrogen-bond donors (Lipinski definition) is 2. The fourth-order valence-corrected chi connectivity index (χ4v) is 3.49. The molecule has 0 bridgehead atoms. The van der Waals surface area contributed by atoms with E-state index in [-0.39, 0.29) is 13.0 Å². The SMILES string of the molecule is Cc1cccc(C)c1N1COCC(CC(O)CO)(C(=O)OC(C)(C)C)C1. The summed E-state index contributed by atoms with van der Waals surface area (Å²) in [7, 11) is 0. The number of carbonyl (C=O) groups excluding carboxylic acids is 1. The molecule has 0 spiro atoms.